The number of nitrogens with zero attached hydrogens (tertiary/aromatic N) is 2. The minimum absolute atomic E-state index is 0.00796. The summed E-state index contributed by atoms with van der Waals surface area (Å²) in [4.78, 5) is 33.5. The van der Waals surface area contributed by atoms with Crippen molar-refractivity contribution in [3.05, 3.63) is 46.5 Å². The quantitative estimate of drug-likeness (QED) is 0.431. The third-order valence-electron chi connectivity index (χ3n) is 2.47. The molecule has 0 saturated carbocycles. The monoisotopic (exact) mass is 279 g/mol. The smallest absolute Gasteiger partial charge is 0.323 e. The Labute approximate surface area is 114 Å². The number of hydrogen-bond acceptors (Lipinski definition) is 5. The summed E-state index contributed by atoms with van der Waals surface area (Å²) < 4.78 is 0. The lowest BCUT2D eigenvalue weighted by atomic mass is 10.1. The van der Waals surface area contributed by atoms with Crippen molar-refractivity contribution in [2.24, 2.45) is 5.73 Å². The van der Waals surface area contributed by atoms with E-state index in [1.54, 1.807) is 0 Å². The Balaban J connectivity index is 3.37. The summed E-state index contributed by atoms with van der Waals surface area (Å²) in [6.07, 6.45) is 1.41. The maximum absolute atomic E-state index is 11.1. The van der Waals surface area contributed by atoms with E-state index < -0.39 is 23.3 Å². The molecule has 0 spiro atoms. The Morgan fingerprint density at radius 3 is 2.60 bits per heavy atom. The standard InChI is InChI=1S/C12H13N3O5/c1-2-5-14(7-11(16)17)10-6-8(12(13)18)3-4-9(10)15(19)20/h2-4,6H,1,5,7H2,(H2,13,18)(H,16,17). The molecule has 3 N–H and O–H groups in total. The normalized spacial score (nSPS) is 9.80. The Hall–Kier alpha value is -2.90. The molecule has 0 aliphatic rings. The van der Waals surface area contributed by atoms with E-state index in [2.05, 4.69) is 6.58 Å². The van der Waals surface area contributed by atoms with Gasteiger partial charge in [-0.2, -0.15) is 0 Å². The predicted molar refractivity (Wildman–Crippen MR) is 71.7 cm³/mol. The topological polar surface area (TPSA) is 127 Å². The zero-order valence-corrected chi connectivity index (χ0v) is 10.5. The van der Waals surface area contributed by atoms with Crippen molar-refractivity contribution in [2.75, 3.05) is 18.0 Å². The number of rotatable bonds is 7. The molecule has 0 saturated heterocycles. The van der Waals surface area contributed by atoms with Crippen LogP contribution < -0.4 is 10.6 Å². The number of nitro groups is 1. The molecule has 0 atom stereocenters. The fourth-order valence-corrected chi connectivity index (χ4v) is 1.65. The summed E-state index contributed by atoms with van der Waals surface area (Å²) in [6.45, 7) is 3.08. The number of hydrogen-bond donors (Lipinski definition) is 2. The highest BCUT2D eigenvalue weighted by Gasteiger charge is 2.22. The Morgan fingerprint density at radius 2 is 2.15 bits per heavy atom. The number of nitro benzene ring substituents is 1. The number of carbonyl (C=O) groups excluding carboxylic acids is 1. The highest BCUT2D eigenvalue weighted by Crippen LogP contribution is 2.29. The van der Waals surface area contributed by atoms with Crippen LogP contribution in [-0.4, -0.2) is 35.0 Å². The molecule has 106 valence electrons. The van der Waals surface area contributed by atoms with E-state index in [4.69, 9.17) is 10.8 Å². The van der Waals surface area contributed by atoms with E-state index >= 15 is 0 Å². The highest BCUT2D eigenvalue weighted by molar-refractivity contribution is 5.95. The molecule has 20 heavy (non-hydrogen) atoms. The van der Waals surface area contributed by atoms with E-state index in [0.29, 0.717) is 0 Å². The fourth-order valence-electron chi connectivity index (χ4n) is 1.65. The summed E-state index contributed by atoms with van der Waals surface area (Å²) in [6, 6.07) is 3.54. The van der Waals surface area contributed by atoms with Crippen LogP contribution in [0.2, 0.25) is 0 Å². The molecule has 1 aromatic carbocycles. The molecule has 0 bridgehead atoms. The molecule has 0 aliphatic heterocycles. The van der Waals surface area contributed by atoms with Crippen molar-refractivity contribution in [1.82, 2.24) is 0 Å². The van der Waals surface area contributed by atoms with Gasteiger partial charge in [-0.3, -0.25) is 19.7 Å². The maximum Gasteiger partial charge on any atom is 0.323 e. The number of carboxylic acid groups (broad SMARTS) is 1. The van der Waals surface area contributed by atoms with Crippen LogP contribution in [0.3, 0.4) is 0 Å². The van der Waals surface area contributed by atoms with Crippen LogP contribution in [0.15, 0.2) is 30.9 Å². The second-order valence-electron chi connectivity index (χ2n) is 3.89. The zero-order chi connectivity index (χ0) is 15.3. The van der Waals surface area contributed by atoms with Gasteiger partial charge in [0.2, 0.25) is 5.91 Å². The average molecular weight is 279 g/mol. The minimum atomic E-state index is -1.16. The number of aliphatic carboxylic acids is 1. The first-order valence-corrected chi connectivity index (χ1v) is 5.52. The Kier molecular flexibility index (Phi) is 4.79. The van der Waals surface area contributed by atoms with Crippen molar-refractivity contribution in [2.45, 2.75) is 0 Å². The molecule has 0 aliphatic carbocycles. The first-order chi connectivity index (χ1) is 9.36. The van der Waals surface area contributed by atoms with Crippen molar-refractivity contribution >= 4 is 23.3 Å². The molecule has 0 fully saturated rings. The van der Waals surface area contributed by atoms with Crippen LogP contribution in [0.1, 0.15) is 10.4 Å². The van der Waals surface area contributed by atoms with Gasteiger partial charge in [-0.15, -0.1) is 6.58 Å². The van der Waals surface area contributed by atoms with Gasteiger partial charge in [-0.25, -0.2) is 0 Å². The molecule has 8 heteroatoms. The molecule has 0 aromatic heterocycles. The number of carboxylic acids is 1. The van der Waals surface area contributed by atoms with E-state index in [1.165, 1.54) is 23.1 Å². The SMILES string of the molecule is C=CCN(CC(=O)O)c1cc(C(N)=O)ccc1[N+](=O)[O-]. The van der Waals surface area contributed by atoms with E-state index in [1.807, 2.05) is 0 Å². The lowest BCUT2D eigenvalue weighted by Crippen LogP contribution is -2.30. The van der Waals surface area contributed by atoms with Crippen LogP contribution in [0.4, 0.5) is 11.4 Å². The first-order valence-electron chi connectivity index (χ1n) is 5.52. The van der Waals surface area contributed by atoms with E-state index in [-0.39, 0.29) is 23.5 Å². The third-order valence-corrected chi connectivity index (χ3v) is 2.47. The van der Waals surface area contributed by atoms with Gasteiger partial charge in [0.1, 0.15) is 12.2 Å². The predicted octanol–water partition coefficient (Wildman–Crippen LogP) is 0.771. The highest BCUT2D eigenvalue weighted by atomic mass is 16.6. The number of anilines is 1. The van der Waals surface area contributed by atoms with Gasteiger partial charge in [-0.1, -0.05) is 6.08 Å². The second-order valence-corrected chi connectivity index (χ2v) is 3.89. The van der Waals surface area contributed by atoms with Crippen molar-refractivity contribution in [1.29, 1.82) is 0 Å². The van der Waals surface area contributed by atoms with Crippen LogP contribution in [0.5, 0.6) is 0 Å². The maximum atomic E-state index is 11.1. The van der Waals surface area contributed by atoms with Crippen LogP contribution in [0.25, 0.3) is 0 Å². The van der Waals surface area contributed by atoms with E-state index in [9.17, 15) is 19.7 Å². The second kappa shape index (κ2) is 6.32. The number of benzene rings is 1. The number of primary amides is 1. The minimum Gasteiger partial charge on any atom is -0.480 e. The third kappa shape index (κ3) is 3.55. The Bertz CT molecular complexity index is 570. The molecule has 1 rings (SSSR count). The largest absolute Gasteiger partial charge is 0.480 e. The molecule has 1 aromatic rings. The molecule has 0 heterocycles. The van der Waals surface area contributed by atoms with Crippen molar-refractivity contribution < 1.29 is 19.6 Å². The summed E-state index contributed by atoms with van der Waals surface area (Å²) in [5.74, 6) is -1.92. The molecule has 8 nitrogen and oxygen atoms in total. The fraction of sp³-hybridized carbons (Fsp3) is 0.167. The molecule has 1 amide bonds. The lowest BCUT2D eigenvalue weighted by molar-refractivity contribution is -0.384. The molecule has 0 radical (unpaired) electrons. The number of amides is 1. The average Bonchev–Trinajstić information content (AvgIpc) is 2.36. The molecular weight excluding hydrogens is 266 g/mol. The van der Waals surface area contributed by atoms with Crippen LogP contribution in [-0.2, 0) is 4.79 Å². The lowest BCUT2D eigenvalue weighted by Gasteiger charge is -2.21. The summed E-state index contributed by atoms with van der Waals surface area (Å²) in [5.41, 5.74) is 4.88. The van der Waals surface area contributed by atoms with E-state index in [0.717, 1.165) is 6.07 Å². The molecule has 0 unspecified atom stereocenters. The molecular formula is C12H13N3O5. The first kappa shape index (κ1) is 15.2. The summed E-state index contributed by atoms with van der Waals surface area (Å²) in [5, 5.41) is 19.8. The Morgan fingerprint density at radius 1 is 1.50 bits per heavy atom. The number of carbonyl (C=O) groups is 2. The van der Waals surface area contributed by atoms with Crippen LogP contribution >= 0.6 is 0 Å². The van der Waals surface area contributed by atoms with Gasteiger partial charge >= 0.3 is 5.97 Å². The number of nitrogens with two attached hydrogens (primary N) is 1. The zero-order valence-electron chi connectivity index (χ0n) is 10.5. The van der Waals surface area contributed by atoms with Gasteiger partial charge in [0, 0.05) is 18.2 Å². The van der Waals surface area contributed by atoms with Crippen molar-refractivity contribution in [3.63, 3.8) is 0 Å². The van der Waals surface area contributed by atoms with Gasteiger partial charge in [0.05, 0.1) is 4.92 Å². The van der Waals surface area contributed by atoms with Gasteiger partial charge in [0.15, 0.2) is 0 Å². The summed E-state index contributed by atoms with van der Waals surface area (Å²) >= 11 is 0. The van der Waals surface area contributed by atoms with Crippen LogP contribution in [0, 0.1) is 10.1 Å². The van der Waals surface area contributed by atoms with Gasteiger partial charge in [-0.05, 0) is 12.1 Å². The van der Waals surface area contributed by atoms with Crippen molar-refractivity contribution in [3.8, 4) is 0 Å². The van der Waals surface area contributed by atoms with Gasteiger partial charge < -0.3 is 15.7 Å². The summed E-state index contributed by atoms with van der Waals surface area (Å²) in [7, 11) is 0. The van der Waals surface area contributed by atoms with Gasteiger partial charge in [0.25, 0.3) is 5.69 Å².